The Labute approximate surface area is 222 Å². The van der Waals surface area contributed by atoms with Gasteiger partial charge in [-0.05, 0) is 35.9 Å². The third kappa shape index (κ3) is 4.88. The highest BCUT2D eigenvalue weighted by molar-refractivity contribution is 7.91. The second-order valence-corrected chi connectivity index (χ2v) is 13.8. The van der Waals surface area contributed by atoms with Gasteiger partial charge in [-0.2, -0.15) is 8.42 Å². The summed E-state index contributed by atoms with van der Waals surface area (Å²) in [4.78, 5) is 15.0. The quantitative estimate of drug-likeness (QED) is 0.470. The maximum atomic E-state index is 13.7. The molecule has 0 bridgehead atoms. The van der Waals surface area contributed by atoms with Gasteiger partial charge in [0.1, 0.15) is 27.0 Å². The van der Waals surface area contributed by atoms with Crippen molar-refractivity contribution < 1.29 is 31.1 Å². The molecule has 3 N–H and O–H groups in total. The zero-order chi connectivity index (χ0) is 26.7. The first kappa shape index (κ1) is 26.1. The van der Waals surface area contributed by atoms with Crippen molar-refractivity contribution in [2.75, 3.05) is 11.6 Å². The van der Waals surface area contributed by atoms with Gasteiger partial charge in [-0.1, -0.05) is 24.1 Å². The fourth-order valence-electron chi connectivity index (χ4n) is 4.96. The average Bonchev–Trinajstić information content (AvgIpc) is 3.45. The zero-order valence-corrected chi connectivity index (χ0v) is 22.6. The Morgan fingerprint density at radius 2 is 2.11 bits per heavy atom. The van der Waals surface area contributed by atoms with E-state index in [2.05, 4.69) is 14.4 Å². The highest BCUT2D eigenvalue weighted by atomic mass is 35.5. The summed E-state index contributed by atoms with van der Waals surface area (Å²) in [5.41, 5.74) is 0.551. The molecule has 2 aliphatic heterocycles. The summed E-state index contributed by atoms with van der Waals surface area (Å²) in [7, 11) is -7.89. The average molecular weight is 589 g/mol. The maximum Gasteiger partial charge on any atom is 0.287 e. The van der Waals surface area contributed by atoms with Gasteiger partial charge >= 0.3 is 0 Å². The van der Waals surface area contributed by atoms with Crippen LogP contribution in [0.5, 0.6) is 0 Å². The molecule has 10 nitrogen and oxygen atoms in total. The van der Waals surface area contributed by atoms with Crippen LogP contribution < -0.4 is 10.0 Å². The van der Waals surface area contributed by atoms with Gasteiger partial charge in [0.05, 0.1) is 11.3 Å². The van der Waals surface area contributed by atoms with Gasteiger partial charge in [0.2, 0.25) is 10.0 Å². The standard InChI is InChI=1S/C22H22ClFN4O6S3/c1-36(31,32)25-8-12-10-35-21-19(12)37(33,34)27-20(26-21)17-18(29)13-3-2-4-16(13)28(22(17)30)9-11-5-6-15(24)14(23)7-11/h5-7,10,13,16,25,29H,2-4,8-9H2,1H3,(H,26,27)/t13-,16+/m1/s1. The molecule has 3 aliphatic rings. The van der Waals surface area contributed by atoms with Crippen molar-refractivity contribution in [1.29, 1.82) is 0 Å². The highest BCUT2D eigenvalue weighted by Gasteiger charge is 2.47. The number of aliphatic hydroxyl groups is 1. The largest absolute Gasteiger partial charge is 0.511 e. The topological polar surface area (TPSA) is 145 Å². The predicted octanol–water partition coefficient (Wildman–Crippen LogP) is 3.13. The van der Waals surface area contributed by atoms with Crippen LogP contribution in [0.3, 0.4) is 0 Å². The van der Waals surface area contributed by atoms with Crippen LogP contribution in [0.15, 0.2) is 44.2 Å². The van der Waals surface area contributed by atoms with Crippen LogP contribution in [0.1, 0.15) is 30.4 Å². The minimum Gasteiger partial charge on any atom is -0.511 e. The van der Waals surface area contributed by atoms with E-state index in [1.807, 2.05) is 0 Å². The Morgan fingerprint density at radius 3 is 2.81 bits per heavy atom. The summed E-state index contributed by atoms with van der Waals surface area (Å²) in [5.74, 6) is -2.12. The molecule has 2 atom stereocenters. The molecule has 3 heterocycles. The number of benzene rings is 1. The minimum atomic E-state index is -4.33. The molecule has 37 heavy (non-hydrogen) atoms. The van der Waals surface area contributed by atoms with Crippen molar-refractivity contribution in [1.82, 2.24) is 9.62 Å². The molecule has 1 amide bonds. The normalized spacial score (nSPS) is 22.9. The molecule has 1 saturated carbocycles. The number of aliphatic hydroxyl groups excluding tert-OH is 1. The zero-order valence-electron chi connectivity index (χ0n) is 19.4. The molecule has 0 unspecified atom stereocenters. The number of sulfonamides is 2. The number of amides is 1. The highest BCUT2D eigenvalue weighted by Crippen LogP contribution is 2.43. The fraction of sp³-hybridized carbons (Fsp3) is 0.364. The van der Waals surface area contributed by atoms with E-state index >= 15 is 0 Å². The van der Waals surface area contributed by atoms with Gasteiger partial charge in [0.15, 0.2) is 5.84 Å². The number of halogens is 2. The summed E-state index contributed by atoms with van der Waals surface area (Å²) in [6.45, 7) is -0.163. The Bertz CT molecular complexity index is 1580. The smallest absolute Gasteiger partial charge is 0.287 e. The molecule has 0 radical (unpaired) electrons. The summed E-state index contributed by atoms with van der Waals surface area (Å²) in [5, 5.41) is 15.5. The van der Waals surface area contributed by atoms with E-state index in [9.17, 15) is 31.1 Å². The van der Waals surface area contributed by atoms with Crippen LogP contribution in [0, 0.1) is 11.7 Å². The summed E-state index contributed by atoms with van der Waals surface area (Å²) < 4.78 is 68.9. The SMILES string of the molecule is CS(=O)(=O)NCc1csc2c1S(=O)(=O)N=C(C1=C(O)[C@@H]3CCC[C@@H]3N(Cc3ccc(F)c(Cl)c3)C1=O)N2. The number of fused-ring (bicyclic) bond motifs is 2. The number of hydrogen-bond acceptors (Lipinski definition) is 8. The number of anilines is 1. The number of hydrogen-bond donors (Lipinski definition) is 3. The molecule has 198 valence electrons. The first-order valence-electron chi connectivity index (χ1n) is 11.2. The number of rotatable bonds is 6. The third-order valence-corrected chi connectivity index (χ3v) is 10.0. The Kier molecular flexibility index (Phi) is 6.59. The van der Waals surface area contributed by atoms with E-state index in [-0.39, 0.29) is 56.8 Å². The summed E-state index contributed by atoms with van der Waals surface area (Å²) in [6.07, 6.45) is 2.96. The van der Waals surface area contributed by atoms with E-state index in [1.165, 1.54) is 23.6 Å². The lowest BCUT2D eigenvalue weighted by Gasteiger charge is -2.38. The lowest BCUT2D eigenvalue weighted by atomic mass is 9.90. The van der Waals surface area contributed by atoms with Crippen molar-refractivity contribution in [3.63, 3.8) is 0 Å². The van der Waals surface area contributed by atoms with E-state index in [0.29, 0.717) is 18.4 Å². The van der Waals surface area contributed by atoms with Crippen LogP contribution in [-0.4, -0.2) is 50.9 Å². The molecule has 1 fully saturated rings. The minimum absolute atomic E-state index is 0.0839. The lowest BCUT2D eigenvalue weighted by molar-refractivity contribution is -0.132. The first-order valence-corrected chi connectivity index (χ1v) is 15.8. The molecule has 15 heteroatoms. The Hall–Kier alpha value is -2.52. The number of amidine groups is 1. The number of nitrogens with one attached hydrogen (secondary N) is 2. The van der Waals surface area contributed by atoms with Gasteiger partial charge in [-0.25, -0.2) is 17.5 Å². The second-order valence-electron chi connectivity index (χ2n) is 9.10. The van der Waals surface area contributed by atoms with E-state index in [0.717, 1.165) is 24.0 Å². The lowest BCUT2D eigenvalue weighted by Crippen LogP contribution is -2.49. The molecule has 2 aromatic rings. The number of nitrogens with zero attached hydrogens (tertiary/aromatic N) is 2. The van der Waals surface area contributed by atoms with Gasteiger partial charge < -0.3 is 15.3 Å². The molecule has 1 aromatic heterocycles. The van der Waals surface area contributed by atoms with Crippen molar-refractivity contribution in [2.24, 2.45) is 10.3 Å². The summed E-state index contributed by atoms with van der Waals surface area (Å²) >= 11 is 6.94. The molecule has 1 aliphatic carbocycles. The first-order chi connectivity index (χ1) is 17.4. The van der Waals surface area contributed by atoms with E-state index in [1.54, 1.807) is 4.90 Å². The maximum absolute atomic E-state index is 13.7. The number of thiophene rings is 1. The van der Waals surface area contributed by atoms with Crippen molar-refractivity contribution in [3.8, 4) is 0 Å². The predicted molar refractivity (Wildman–Crippen MR) is 137 cm³/mol. The monoisotopic (exact) mass is 588 g/mol. The Balaban J connectivity index is 1.51. The molecule has 1 aromatic carbocycles. The summed E-state index contributed by atoms with van der Waals surface area (Å²) in [6, 6.07) is 3.84. The van der Waals surface area contributed by atoms with Crippen LogP contribution >= 0.6 is 22.9 Å². The van der Waals surface area contributed by atoms with Crippen molar-refractivity contribution in [3.05, 3.63) is 56.9 Å². The fourth-order valence-corrected chi connectivity index (χ4v) is 8.18. The van der Waals surface area contributed by atoms with Crippen LogP contribution in [0.4, 0.5) is 9.39 Å². The molecule has 0 saturated heterocycles. The van der Waals surface area contributed by atoms with Gasteiger partial charge in [-0.15, -0.1) is 15.7 Å². The molecular weight excluding hydrogens is 567 g/mol. The Morgan fingerprint density at radius 1 is 1.35 bits per heavy atom. The van der Waals surface area contributed by atoms with E-state index < -0.39 is 37.7 Å². The molecule has 0 spiro atoms. The number of carbonyl (C=O) groups excluding carboxylic acids is 1. The van der Waals surface area contributed by atoms with Crippen LogP contribution in [-0.2, 0) is 37.9 Å². The molecular formula is C22H22ClFN4O6S3. The molecule has 5 rings (SSSR count). The van der Waals surface area contributed by atoms with Crippen molar-refractivity contribution >= 4 is 59.7 Å². The van der Waals surface area contributed by atoms with Crippen LogP contribution in [0.25, 0.3) is 0 Å². The van der Waals surface area contributed by atoms with Gasteiger partial charge in [0.25, 0.3) is 15.9 Å². The van der Waals surface area contributed by atoms with Crippen molar-refractivity contribution in [2.45, 2.75) is 43.3 Å². The number of carbonyl (C=O) groups is 1. The van der Waals surface area contributed by atoms with Gasteiger partial charge in [0, 0.05) is 30.6 Å². The van der Waals surface area contributed by atoms with Gasteiger partial charge in [-0.3, -0.25) is 4.79 Å². The second kappa shape index (κ2) is 9.34. The van der Waals surface area contributed by atoms with E-state index in [4.69, 9.17) is 11.6 Å². The third-order valence-electron chi connectivity index (χ3n) is 6.58. The van der Waals surface area contributed by atoms with Crippen LogP contribution in [0.2, 0.25) is 5.02 Å².